The smallest absolute Gasteiger partial charge is 0.234 e. The molecule has 1 fully saturated rings. The second kappa shape index (κ2) is 5.30. The highest BCUT2D eigenvalue weighted by Gasteiger charge is 2.33. The van der Waals surface area contributed by atoms with Crippen LogP contribution in [0.2, 0.25) is 0 Å². The first-order valence-electron chi connectivity index (χ1n) is 6.54. The van der Waals surface area contributed by atoms with Gasteiger partial charge < -0.3 is 14.6 Å². The number of aryl methyl sites for hydroxylation is 1. The Morgan fingerprint density at radius 3 is 2.95 bits per heavy atom. The quantitative estimate of drug-likeness (QED) is 0.928. The summed E-state index contributed by atoms with van der Waals surface area (Å²) in [5, 5.41) is 7.15. The lowest BCUT2D eigenvalue weighted by Crippen LogP contribution is -2.31. The van der Waals surface area contributed by atoms with E-state index in [1.165, 1.54) is 6.07 Å². The standard InChI is InChI=1S/C14H16FN3O2/c1-8-5-9(3-4-11(8)15)13-17-14(20-18-13)10-6-19-7-12(10)16-2/h3-5,10,12,16H,6-7H2,1-2H3. The van der Waals surface area contributed by atoms with E-state index in [1.54, 1.807) is 19.1 Å². The maximum Gasteiger partial charge on any atom is 0.234 e. The predicted molar refractivity (Wildman–Crippen MR) is 70.8 cm³/mol. The van der Waals surface area contributed by atoms with Gasteiger partial charge in [-0.05, 0) is 37.7 Å². The number of rotatable bonds is 3. The average Bonchev–Trinajstić information content (AvgIpc) is 3.09. The predicted octanol–water partition coefficient (Wildman–Crippen LogP) is 1.89. The van der Waals surface area contributed by atoms with Crippen molar-refractivity contribution in [1.29, 1.82) is 0 Å². The minimum atomic E-state index is -0.239. The molecule has 2 atom stereocenters. The van der Waals surface area contributed by atoms with Gasteiger partial charge in [0.25, 0.3) is 0 Å². The zero-order valence-electron chi connectivity index (χ0n) is 11.4. The van der Waals surface area contributed by atoms with Crippen LogP contribution in [0.5, 0.6) is 0 Å². The Morgan fingerprint density at radius 2 is 2.20 bits per heavy atom. The molecule has 0 bridgehead atoms. The number of likely N-dealkylation sites (N-methyl/N-ethyl adjacent to an activating group) is 1. The van der Waals surface area contributed by atoms with E-state index < -0.39 is 0 Å². The fourth-order valence-electron chi connectivity index (χ4n) is 2.37. The first-order chi connectivity index (χ1) is 9.69. The number of benzene rings is 1. The number of nitrogens with zero attached hydrogens (tertiary/aromatic N) is 2. The Balaban J connectivity index is 1.88. The van der Waals surface area contributed by atoms with Crippen LogP contribution in [-0.4, -0.2) is 36.4 Å². The molecule has 3 rings (SSSR count). The van der Waals surface area contributed by atoms with Crippen molar-refractivity contribution in [2.24, 2.45) is 0 Å². The second-order valence-corrected chi connectivity index (χ2v) is 4.96. The van der Waals surface area contributed by atoms with Gasteiger partial charge in [-0.3, -0.25) is 0 Å². The summed E-state index contributed by atoms with van der Waals surface area (Å²) in [6.45, 7) is 2.91. The van der Waals surface area contributed by atoms with Gasteiger partial charge in [0.1, 0.15) is 5.82 Å². The molecule has 0 spiro atoms. The topological polar surface area (TPSA) is 60.2 Å². The lowest BCUT2D eigenvalue weighted by Gasteiger charge is -2.11. The molecule has 1 aromatic carbocycles. The van der Waals surface area contributed by atoms with Gasteiger partial charge in [0, 0.05) is 11.6 Å². The zero-order valence-corrected chi connectivity index (χ0v) is 11.4. The Kier molecular flexibility index (Phi) is 3.50. The van der Waals surface area contributed by atoms with E-state index in [2.05, 4.69) is 15.5 Å². The van der Waals surface area contributed by atoms with E-state index in [4.69, 9.17) is 9.26 Å². The number of ether oxygens (including phenoxy) is 1. The van der Waals surface area contributed by atoms with Crippen LogP contribution in [0, 0.1) is 12.7 Å². The first kappa shape index (κ1) is 13.2. The molecule has 0 radical (unpaired) electrons. The average molecular weight is 277 g/mol. The van der Waals surface area contributed by atoms with E-state index in [9.17, 15) is 4.39 Å². The van der Waals surface area contributed by atoms with Crippen LogP contribution < -0.4 is 5.32 Å². The van der Waals surface area contributed by atoms with Crippen molar-refractivity contribution < 1.29 is 13.7 Å². The first-order valence-corrected chi connectivity index (χ1v) is 6.54. The van der Waals surface area contributed by atoms with Crippen LogP contribution in [0.1, 0.15) is 17.4 Å². The van der Waals surface area contributed by atoms with Gasteiger partial charge in [-0.2, -0.15) is 4.98 Å². The highest BCUT2D eigenvalue weighted by atomic mass is 19.1. The molecule has 2 unspecified atom stereocenters. The molecule has 20 heavy (non-hydrogen) atoms. The molecule has 0 saturated carbocycles. The van der Waals surface area contributed by atoms with Crippen LogP contribution in [0.25, 0.3) is 11.4 Å². The minimum absolute atomic E-state index is 0.0581. The SMILES string of the molecule is CNC1COCC1c1nc(-c2ccc(F)c(C)c2)no1. The molecule has 106 valence electrons. The molecule has 1 aliphatic heterocycles. The Labute approximate surface area is 116 Å². The van der Waals surface area contributed by atoms with E-state index in [-0.39, 0.29) is 17.8 Å². The normalized spacial score (nSPS) is 22.4. The lowest BCUT2D eigenvalue weighted by atomic mass is 10.0. The molecule has 2 aromatic rings. The molecular formula is C14H16FN3O2. The highest BCUT2D eigenvalue weighted by Crippen LogP contribution is 2.27. The van der Waals surface area contributed by atoms with Crippen molar-refractivity contribution in [2.75, 3.05) is 20.3 Å². The van der Waals surface area contributed by atoms with Crippen molar-refractivity contribution >= 4 is 0 Å². The van der Waals surface area contributed by atoms with Crippen molar-refractivity contribution in [3.63, 3.8) is 0 Å². The van der Waals surface area contributed by atoms with Crippen molar-refractivity contribution in [1.82, 2.24) is 15.5 Å². The summed E-state index contributed by atoms with van der Waals surface area (Å²) < 4.78 is 24.0. The summed E-state index contributed by atoms with van der Waals surface area (Å²) in [5.74, 6) is 0.850. The summed E-state index contributed by atoms with van der Waals surface area (Å²) >= 11 is 0. The number of halogens is 1. The van der Waals surface area contributed by atoms with Crippen LogP contribution in [0.4, 0.5) is 4.39 Å². The summed E-state index contributed by atoms with van der Waals surface area (Å²) in [5.41, 5.74) is 1.31. The van der Waals surface area contributed by atoms with Crippen LogP contribution in [-0.2, 0) is 4.74 Å². The van der Waals surface area contributed by atoms with E-state index in [1.807, 2.05) is 7.05 Å². The van der Waals surface area contributed by atoms with Gasteiger partial charge in [0.15, 0.2) is 0 Å². The van der Waals surface area contributed by atoms with E-state index >= 15 is 0 Å². The van der Waals surface area contributed by atoms with Crippen LogP contribution in [0.15, 0.2) is 22.7 Å². The maximum atomic E-state index is 13.3. The molecule has 1 aliphatic rings. The Bertz CT molecular complexity index is 614. The molecule has 0 aliphatic carbocycles. The molecule has 6 heteroatoms. The third kappa shape index (κ3) is 2.32. The van der Waals surface area contributed by atoms with Crippen LogP contribution >= 0.6 is 0 Å². The molecule has 1 aromatic heterocycles. The number of hydrogen-bond donors (Lipinski definition) is 1. The fraction of sp³-hybridized carbons (Fsp3) is 0.429. The third-order valence-electron chi connectivity index (χ3n) is 3.63. The molecule has 1 saturated heterocycles. The van der Waals surface area contributed by atoms with E-state index in [0.717, 1.165) is 5.56 Å². The molecular weight excluding hydrogens is 261 g/mol. The molecule has 5 nitrogen and oxygen atoms in total. The van der Waals surface area contributed by atoms with Gasteiger partial charge in [-0.1, -0.05) is 5.16 Å². The summed E-state index contributed by atoms with van der Waals surface area (Å²) in [4.78, 5) is 4.41. The zero-order chi connectivity index (χ0) is 14.1. The Morgan fingerprint density at radius 1 is 1.35 bits per heavy atom. The van der Waals surface area contributed by atoms with Gasteiger partial charge in [0.2, 0.25) is 11.7 Å². The molecule has 0 amide bonds. The molecule has 2 heterocycles. The van der Waals surface area contributed by atoms with Gasteiger partial charge in [-0.25, -0.2) is 4.39 Å². The largest absolute Gasteiger partial charge is 0.379 e. The summed E-state index contributed by atoms with van der Waals surface area (Å²) in [6, 6.07) is 4.95. The lowest BCUT2D eigenvalue weighted by molar-refractivity contribution is 0.185. The van der Waals surface area contributed by atoms with Gasteiger partial charge >= 0.3 is 0 Å². The third-order valence-corrected chi connectivity index (χ3v) is 3.63. The molecule has 1 N–H and O–H groups in total. The maximum absolute atomic E-state index is 13.3. The van der Waals surface area contributed by atoms with Crippen molar-refractivity contribution in [3.05, 3.63) is 35.5 Å². The van der Waals surface area contributed by atoms with Crippen molar-refractivity contribution in [3.8, 4) is 11.4 Å². The monoisotopic (exact) mass is 277 g/mol. The van der Waals surface area contributed by atoms with Gasteiger partial charge in [0.05, 0.1) is 19.1 Å². The second-order valence-electron chi connectivity index (χ2n) is 4.96. The number of aromatic nitrogens is 2. The fourth-order valence-corrected chi connectivity index (χ4v) is 2.37. The van der Waals surface area contributed by atoms with Crippen LogP contribution in [0.3, 0.4) is 0 Å². The van der Waals surface area contributed by atoms with E-state index in [0.29, 0.717) is 30.5 Å². The Hall–Kier alpha value is -1.79. The van der Waals surface area contributed by atoms with Gasteiger partial charge in [-0.15, -0.1) is 0 Å². The number of nitrogens with one attached hydrogen (secondary N) is 1. The summed E-state index contributed by atoms with van der Waals surface area (Å²) in [7, 11) is 1.88. The minimum Gasteiger partial charge on any atom is -0.379 e. The highest BCUT2D eigenvalue weighted by molar-refractivity contribution is 5.55. The number of hydrogen-bond acceptors (Lipinski definition) is 5. The van der Waals surface area contributed by atoms with Crippen molar-refractivity contribution in [2.45, 2.75) is 18.9 Å². The summed E-state index contributed by atoms with van der Waals surface area (Å²) in [6.07, 6.45) is 0.